The van der Waals surface area contributed by atoms with Gasteiger partial charge >= 0.3 is 0 Å². The second-order valence-corrected chi connectivity index (χ2v) is 4.82. The van der Waals surface area contributed by atoms with Crippen molar-refractivity contribution in [2.45, 2.75) is 31.8 Å². The molecule has 0 atom stereocenters. The Labute approximate surface area is 99.1 Å². The largest absolute Gasteiger partial charge is 0.497 e. The Morgan fingerprint density at radius 1 is 1.47 bits per heavy atom. The fourth-order valence-corrected chi connectivity index (χ4v) is 2.16. The minimum absolute atomic E-state index is 0.735. The van der Waals surface area contributed by atoms with Crippen LogP contribution in [0.3, 0.4) is 0 Å². The summed E-state index contributed by atoms with van der Waals surface area (Å²) in [5.74, 6) is 0.897. The molecule has 0 aromatic heterocycles. The molecule has 82 valence electrons. The number of benzene rings is 1. The average Bonchev–Trinajstić information content (AvgIpc) is 2.18. The number of ether oxygens (including phenoxy) is 1. The van der Waals surface area contributed by atoms with Gasteiger partial charge in [-0.2, -0.15) is 0 Å². The van der Waals surface area contributed by atoms with Crippen molar-refractivity contribution in [1.82, 2.24) is 5.32 Å². The fraction of sp³-hybridized carbons (Fsp3) is 0.500. The van der Waals surface area contributed by atoms with Crippen LogP contribution in [0, 0.1) is 0 Å². The highest BCUT2D eigenvalue weighted by atomic mass is 79.9. The first-order chi connectivity index (χ1) is 7.29. The Morgan fingerprint density at radius 2 is 2.27 bits per heavy atom. The van der Waals surface area contributed by atoms with Gasteiger partial charge in [-0.25, -0.2) is 0 Å². The Hall–Kier alpha value is -0.540. The highest BCUT2D eigenvalue weighted by molar-refractivity contribution is 9.10. The molecule has 1 aliphatic carbocycles. The van der Waals surface area contributed by atoms with E-state index in [1.165, 1.54) is 24.8 Å². The van der Waals surface area contributed by atoms with Crippen LogP contribution in [-0.2, 0) is 6.54 Å². The highest BCUT2D eigenvalue weighted by Gasteiger charge is 2.16. The van der Waals surface area contributed by atoms with Crippen LogP contribution < -0.4 is 10.1 Å². The van der Waals surface area contributed by atoms with Gasteiger partial charge in [0.2, 0.25) is 0 Å². The molecule has 2 nitrogen and oxygen atoms in total. The van der Waals surface area contributed by atoms with Gasteiger partial charge in [-0.1, -0.05) is 28.4 Å². The van der Waals surface area contributed by atoms with Gasteiger partial charge in [-0.05, 0) is 30.5 Å². The van der Waals surface area contributed by atoms with Crippen LogP contribution in [0.2, 0.25) is 0 Å². The van der Waals surface area contributed by atoms with Crippen molar-refractivity contribution in [3.63, 3.8) is 0 Å². The van der Waals surface area contributed by atoms with Gasteiger partial charge < -0.3 is 10.1 Å². The van der Waals surface area contributed by atoms with Gasteiger partial charge in [0.25, 0.3) is 0 Å². The number of halogens is 1. The minimum Gasteiger partial charge on any atom is -0.497 e. The van der Waals surface area contributed by atoms with Crippen molar-refractivity contribution >= 4 is 15.9 Å². The smallest absolute Gasteiger partial charge is 0.120 e. The predicted molar refractivity (Wildman–Crippen MR) is 65.2 cm³/mol. The standard InChI is InChI=1S/C12H16BrNO/c1-15-11-6-5-9(12(13)7-11)8-14-10-3-2-4-10/h5-7,10,14H,2-4,8H2,1H3. The van der Waals surface area contributed by atoms with E-state index in [0.29, 0.717) is 0 Å². The van der Waals surface area contributed by atoms with Crippen molar-refractivity contribution in [3.8, 4) is 5.75 Å². The van der Waals surface area contributed by atoms with E-state index in [1.54, 1.807) is 7.11 Å². The lowest BCUT2D eigenvalue weighted by molar-refractivity contribution is 0.338. The first kappa shape index (κ1) is 11.0. The van der Waals surface area contributed by atoms with E-state index >= 15 is 0 Å². The van der Waals surface area contributed by atoms with Crippen LogP contribution in [0.15, 0.2) is 22.7 Å². The number of methoxy groups -OCH3 is 1. The lowest BCUT2D eigenvalue weighted by Crippen LogP contribution is -2.34. The number of hydrogen-bond donors (Lipinski definition) is 1. The third kappa shape index (κ3) is 2.73. The Balaban J connectivity index is 1.95. The third-order valence-electron chi connectivity index (χ3n) is 2.95. The molecule has 2 rings (SSSR count). The summed E-state index contributed by atoms with van der Waals surface area (Å²) >= 11 is 3.56. The molecule has 1 fully saturated rings. The molecule has 0 unspecified atom stereocenters. The molecule has 0 radical (unpaired) electrons. The van der Waals surface area contributed by atoms with Gasteiger partial charge in [0.05, 0.1) is 7.11 Å². The summed E-state index contributed by atoms with van der Waals surface area (Å²) in [5, 5.41) is 3.54. The predicted octanol–water partition coefficient (Wildman–Crippen LogP) is 3.10. The average molecular weight is 270 g/mol. The Kier molecular flexibility index (Phi) is 3.65. The second kappa shape index (κ2) is 4.99. The Morgan fingerprint density at radius 3 is 2.80 bits per heavy atom. The van der Waals surface area contributed by atoms with E-state index in [9.17, 15) is 0 Å². The van der Waals surface area contributed by atoms with Gasteiger partial charge in [-0.3, -0.25) is 0 Å². The van der Waals surface area contributed by atoms with Crippen LogP contribution in [0.4, 0.5) is 0 Å². The SMILES string of the molecule is COc1ccc(CNC2CCC2)c(Br)c1. The van der Waals surface area contributed by atoms with E-state index in [1.807, 2.05) is 12.1 Å². The number of hydrogen-bond acceptors (Lipinski definition) is 2. The Bertz CT molecular complexity index is 336. The molecule has 15 heavy (non-hydrogen) atoms. The lowest BCUT2D eigenvalue weighted by Gasteiger charge is -2.26. The van der Waals surface area contributed by atoms with Crippen molar-refractivity contribution in [2.75, 3.05) is 7.11 Å². The van der Waals surface area contributed by atoms with Crippen LogP contribution >= 0.6 is 15.9 Å². The summed E-state index contributed by atoms with van der Waals surface area (Å²) in [4.78, 5) is 0. The highest BCUT2D eigenvalue weighted by Crippen LogP contribution is 2.24. The number of nitrogens with one attached hydrogen (secondary N) is 1. The summed E-state index contributed by atoms with van der Waals surface area (Å²) in [6.45, 7) is 0.940. The zero-order valence-electron chi connectivity index (χ0n) is 8.92. The minimum atomic E-state index is 0.735. The normalized spacial score (nSPS) is 16.1. The molecule has 0 saturated heterocycles. The van der Waals surface area contributed by atoms with E-state index < -0.39 is 0 Å². The maximum Gasteiger partial charge on any atom is 0.120 e. The van der Waals surface area contributed by atoms with Crippen LogP contribution in [0.25, 0.3) is 0 Å². The van der Waals surface area contributed by atoms with Gasteiger partial charge in [0.15, 0.2) is 0 Å². The lowest BCUT2D eigenvalue weighted by atomic mass is 9.93. The topological polar surface area (TPSA) is 21.3 Å². The maximum atomic E-state index is 5.16. The number of rotatable bonds is 4. The summed E-state index contributed by atoms with van der Waals surface area (Å²) in [5.41, 5.74) is 1.29. The van der Waals surface area contributed by atoms with E-state index in [-0.39, 0.29) is 0 Å². The molecule has 0 spiro atoms. The summed E-state index contributed by atoms with van der Waals surface area (Å²) in [6, 6.07) is 6.86. The molecule has 1 saturated carbocycles. The van der Waals surface area contributed by atoms with Crippen molar-refractivity contribution in [3.05, 3.63) is 28.2 Å². The molecule has 1 aliphatic rings. The van der Waals surface area contributed by atoms with Crippen LogP contribution in [-0.4, -0.2) is 13.2 Å². The second-order valence-electron chi connectivity index (χ2n) is 3.97. The quantitative estimate of drug-likeness (QED) is 0.907. The molecule has 1 N–H and O–H groups in total. The molecule has 0 heterocycles. The maximum absolute atomic E-state index is 5.16. The van der Waals surface area contributed by atoms with Crippen LogP contribution in [0.5, 0.6) is 5.75 Å². The molecule has 0 aliphatic heterocycles. The van der Waals surface area contributed by atoms with Crippen LogP contribution in [0.1, 0.15) is 24.8 Å². The van der Waals surface area contributed by atoms with Crippen molar-refractivity contribution in [1.29, 1.82) is 0 Å². The molecule has 1 aromatic rings. The van der Waals surface area contributed by atoms with Gasteiger partial charge in [0.1, 0.15) is 5.75 Å². The van der Waals surface area contributed by atoms with Gasteiger partial charge in [0, 0.05) is 17.1 Å². The first-order valence-electron chi connectivity index (χ1n) is 5.35. The summed E-state index contributed by atoms with van der Waals surface area (Å²) in [7, 11) is 1.69. The molecular formula is C12H16BrNO. The molecule has 1 aromatic carbocycles. The van der Waals surface area contributed by atoms with Crippen molar-refractivity contribution < 1.29 is 4.74 Å². The van der Waals surface area contributed by atoms with E-state index in [2.05, 4.69) is 27.3 Å². The molecule has 3 heteroatoms. The molecule has 0 bridgehead atoms. The van der Waals surface area contributed by atoms with Gasteiger partial charge in [-0.15, -0.1) is 0 Å². The monoisotopic (exact) mass is 269 g/mol. The first-order valence-corrected chi connectivity index (χ1v) is 6.14. The van der Waals surface area contributed by atoms with Crippen molar-refractivity contribution in [2.24, 2.45) is 0 Å². The summed E-state index contributed by atoms with van der Waals surface area (Å²) in [6.07, 6.45) is 4.03. The molecular weight excluding hydrogens is 254 g/mol. The van der Waals surface area contributed by atoms with E-state index in [0.717, 1.165) is 22.8 Å². The van der Waals surface area contributed by atoms with E-state index in [4.69, 9.17) is 4.74 Å². The zero-order valence-corrected chi connectivity index (χ0v) is 10.5. The zero-order chi connectivity index (χ0) is 10.7. The molecule has 0 amide bonds. The summed E-state index contributed by atoms with van der Waals surface area (Å²) < 4.78 is 6.28. The fourth-order valence-electron chi connectivity index (χ4n) is 1.67. The third-order valence-corrected chi connectivity index (χ3v) is 3.68.